The first-order valence-corrected chi connectivity index (χ1v) is 9.53. The van der Waals surface area contributed by atoms with E-state index in [-0.39, 0.29) is 5.91 Å². The summed E-state index contributed by atoms with van der Waals surface area (Å²) in [4.78, 5) is 19.5. The summed E-state index contributed by atoms with van der Waals surface area (Å²) in [5, 5.41) is 15.7. The molecule has 5 rings (SSSR count). The SMILES string of the molecule is O=C(Nc1ccc(N2CCCCC2)c2ccncc12)c1ccc2n[nH]nc2c1. The van der Waals surface area contributed by atoms with Crippen LogP contribution >= 0.6 is 0 Å². The minimum atomic E-state index is -0.180. The topological polar surface area (TPSA) is 86.8 Å². The first-order chi connectivity index (χ1) is 13.8. The lowest BCUT2D eigenvalue weighted by Gasteiger charge is -2.30. The molecular formula is C21H20N6O. The molecule has 1 amide bonds. The number of rotatable bonds is 3. The maximum atomic E-state index is 12.8. The van der Waals surface area contributed by atoms with Crippen molar-refractivity contribution in [3.63, 3.8) is 0 Å². The Morgan fingerprint density at radius 3 is 2.71 bits per heavy atom. The Labute approximate surface area is 161 Å². The van der Waals surface area contributed by atoms with Crippen LogP contribution in [-0.4, -0.2) is 39.4 Å². The van der Waals surface area contributed by atoms with Crippen molar-refractivity contribution in [3.05, 3.63) is 54.4 Å². The summed E-state index contributed by atoms with van der Waals surface area (Å²) in [6.45, 7) is 2.14. The summed E-state index contributed by atoms with van der Waals surface area (Å²) >= 11 is 0. The lowest BCUT2D eigenvalue weighted by atomic mass is 10.0. The number of H-pyrrole nitrogens is 1. The number of amides is 1. The van der Waals surface area contributed by atoms with Crippen LogP contribution in [0.1, 0.15) is 29.6 Å². The Morgan fingerprint density at radius 2 is 1.82 bits per heavy atom. The van der Waals surface area contributed by atoms with Crippen LogP contribution in [0.25, 0.3) is 21.8 Å². The monoisotopic (exact) mass is 372 g/mol. The summed E-state index contributed by atoms with van der Waals surface area (Å²) < 4.78 is 0. The summed E-state index contributed by atoms with van der Waals surface area (Å²) in [5.41, 5.74) is 3.91. The normalized spacial score (nSPS) is 14.5. The second kappa shape index (κ2) is 6.92. The predicted molar refractivity (Wildman–Crippen MR) is 110 cm³/mol. The molecule has 0 bridgehead atoms. The number of hydrogen-bond acceptors (Lipinski definition) is 5. The fourth-order valence-electron chi connectivity index (χ4n) is 3.87. The van der Waals surface area contributed by atoms with Gasteiger partial charge in [0.05, 0.1) is 5.69 Å². The largest absolute Gasteiger partial charge is 0.371 e. The van der Waals surface area contributed by atoms with Crippen LogP contribution in [0.2, 0.25) is 0 Å². The van der Waals surface area contributed by atoms with Gasteiger partial charge in [-0.3, -0.25) is 9.78 Å². The molecule has 4 aromatic rings. The van der Waals surface area contributed by atoms with Gasteiger partial charge >= 0.3 is 0 Å². The van der Waals surface area contributed by atoms with Crippen LogP contribution in [0.5, 0.6) is 0 Å². The molecule has 140 valence electrons. The Morgan fingerprint density at radius 1 is 0.964 bits per heavy atom. The van der Waals surface area contributed by atoms with Gasteiger partial charge in [-0.1, -0.05) is 0 Å². The van der Waals surface area contributed by atoms with E-state index in [9.17, 15) is 4.79 Å². The first-order valence-electron chi connectivity index (χ1n) is 9.53. The van der Waals surface area contributed by atoms with Crippen molar-refractivity contribution < 1.29 is 4.79 Å². The van der Waals surface area contributed by atoms with Gasteiger partial charge in [0.2, 0.25) is 0 Å². The van der Waals surface area contributed by atoms with Crippen molar-refractivity contribution >= 4 is 39.1 Å². The zero-order valence-electron chi connectivity index (χ0n) is 15.4. The fraction of sp³-hybridized carbons (Fsp3) is 0.238. The standard InChI is InChI=1S/C21H20N6O/c28-21(14-4-5-18-19(12-14)25-26-24-18)23-17-6-7-20(27-10-2-1-3-11-27)15-8-9-22-13-16(15)17/h4-9,12-13H,1-3,10-11H2,(H,23,28)(H,24,25,26). The average Bonchev–Trinajstić information content (AvgIpc) is 3.22. The maximum Gasteiger partial charge on any atom is 0.255 e. The number of carbonyl (C=O) groups excluding carboxylic acids is 1. The zero-order valence-corrected chi connectivity index (χ0v) is 15.4. The van der Waals surface area contributed by atoms with E-state index in [1.54, 1.807) is 24.4 Å². The Balaban J connectivity index is 1.49. The molecule has 2 N–H and O–H groups in total. The van der Waals surface area contributed by atoms with Crippen molar-refractivity contribution in [1.29, 1.82) is 0 Å². The lowest BCUT2D eigenvalue weighted by molar-refractivity contribution is 0.102. The van der Waals surface area contributed by atoms with E-state index >= 15 is 0 Å². The molecule has 2 aromatic heterocycles. The minimum absolute atomic E-state index is 0.180. The van der Waals surface area contributed by atoms with Gasteiger partial charge in [-0.15, -0.1) is 0 Å². The van der Waals surface area contributed by atoms with Crippen molar-refractivity contribution in [2.45, 2.75) is 19.3 Å². The molecule has 0 aliphatic carbocycles. The molecule has 7 nitrogen and oxygen atoms in total. The Hall–Kier alpha value is -3.48. The molecule has 1 fully saturated rings. The van der Waals surface area contributed by atoms with Crippen LogP contribution in [0.4, 0.5) is 11.4 Å². The molecule has 0 atom stereocenters. The van der Waals surface area contributed by atoms with Crippen LogP contribution in [0.3, 0.4) is 0 Å². The van der Waals surface area contributed by atoms with Crippen molar-refractivity contribution in [1.82, 2.24) is 20.4 Å². The maximum absolute atomic E-state index is 12.8. The van der Waals surface area contributed by atoms with Gasteiger partial charge in [0.25, 0.3) is 5.91 Å². The molecule has 0 unspecified atom stereocenters. The number of anilines is 2. The quantitative estimate of drug-likeness (QED) is 0.572. The number of nitrogens with zero attached hydrogens (tertiary/aromatic N) is 4. The predicted octanol–water partition coefficient (Wildman–Crippen LogP) is 3.75. The fourth-order valence-corrected chi connectivity index (χ4v) is 3.87. The van der Waals surface area contributed by atoms with E-state index in [1.165, 1.54) is 24.9 Å². The highest BCUT2D eigenvalue weighted by Gasteiger charge is 2.16. The van der Waals surface area contributed by atoms with Crippen molar-refractivity contribution in [2.75, 3.05) is 23.3 Å². The number of fused-ring (bicyclic) bond motifs is 2. The molecule has 1 aliphatic rings. The third-order valence-electron chi connectivity index (χ3n) is 5.32. The van der Waals surface area contributed by atoms with Crippen LogP contribution in [0.15, 0.2) is 48.8 Å². The van der Waals surface area contributed by atoms with E-state index in [0.717, 1.165) is 35.1 Å². The first kappa shape index (κ1) is 16.7. The van der Waals surface area contributed by atoms with E-state index in [1.807, 2.05) is 18.3 Å². The van der Waals surface area contributed by atoms with Gasteiger partial charge in [0.15, 0.2) is 0 Å². The molecule has 3 heterocycles. The van der Waals surface area contributed by atoms with Crippen LogP contribution < -0.4 is 10.2 Å². The highest BCUT2D eigenvalue weighted by atomic mass is 16.1. The van der Waals surface area contributed by atoms with Gasteiger partial charge in [0, 0.05) is 47.5 Å². The highest BCUT2D eigenvalue weighted by molar-refractivity contribution is 6.11. The molecular weight excluding hydrogens is 352 g/mol. The van der Waals surface area contributed by atoms with E-state index in [0.29, 0.717) is 11.1 Å². The third-order valence-corrected chi connectivity index (χ3v) is 5.32. The Kier molecular flexibility index (Phi) is 4.12. The molecule has 0 spiro atoms. The number of piperidine rings is 1. The number of hydrogen-bond donors (Lipinski definition) is 2. The van der Waals surface area contributed by atoms with E-state index in [2.05, 4.69) is 36.7 Å². The second-order valence-electron chi connectivity index (χ2n) is 7.08. The molecule has 0 saturated carbocycles. The van der Waals surface area contributed by atoms with Crippen molar-refractivity contribution in [2.24, 2.45) is 0 Å². The van der Waals surface area contributed by atoms with Crippen LogP contribution in [0, 0.1) is 0 Å². The summed E-state index contributed by atoms with van der Waals surface area (Å²) in [5.74, 6) is -0.180. The number of pyridine rings is 1. The van der Waals surface area contributed by atoms with Gasteiger partial charge in [-0.2, -0.15) is 15.4 Å². The minimum Gasteiger partial charge on any atom is -0.371 e. The van der Waals surface area contributed by atoms with Gasteiger partial charge in [-0.05, 0) is 55.7 Å². The number of aromatic amines is 1. The Bertz CT molecular complexity index is 1160. The zero-order chi connectivity index (χ0) is 18.9. The van der Waals surface area contributed by atoms with Gasteiger partial charge < -0.3 is 10.2 Å². The molecule has 2 aromatic carbocycles. The highest BCUT2D eigenvalue weighted by Crippen LogP contribution is 2.33. The molecule has 7 heteroatoms. The number of benzene rings is 2. The lowest BCUT2D eigenvalue weighted by Crippen LogP contribution is -2.29. The summed E-state index contributed by atoms with van der Waals surface area (Å²) in [6, 6.07) is 11.4. The molecule has 1 saturated heterocycles. The number of carbonyl (C=O) groups is 1. The van der Waals surface area contributed by atoms with Gasteiger partial charge in [0.1, 0.15) is 11.0 Å². The summed E-state index contributed by atoms with van der Waals surface area (Å²) in [7, 11) is 0. The number of nitrogens with one attached hydrogen (secondary N) is 2. The van der Waals surface area contributed by atoms with Gasteiger partial charge in [-0.25, -0.2) is 0 Å². The van der Waals surface area contributed by atoms with E-state index < -0.39 is 0 Å². The molecule has 28 heavy (non-hydrogen) atoms. The average molecular weight is 372 g/mol. The second-order valence-corrected chi connectivity index (χ2v) is 7.08. The smallest absolute Gasteiger partial charge is 0.255 e. The molecule has 1 aliphatic heterocycles. The van der Waals surface area contributed by atoms with Crippen LogP contribution in [-0.2, 0) is 0 Å². The third kappa shape index (κ3) is 2.94. The number of aromatic nitrogens is 4. The van der Waals surface area contributed by atoms with E-state index in [4.69, 9.17) is 0 Å². The molecule has 0 radical (unpaired) electrons. The van der Waals surface area contributed by atoms with Crippen molar-refractivity contribution in [3.8, 4) is 0 Å². The summed E-state index contributed by atoms with van der Waals surface area (Å²) in [6.07, 6.45) is 7.35.